The minimum atomic E-state index is 0.589. The van der Waals surface area contributed by atoms with Gasteiger partial charge in [-0.25, -0.2) is 4.98 Å². The summed E-state index contributed by atoms with van der Waals surface area (Å²) in [6.07, 6.45) is 9.01. The molecule has 1 saturated heterocycles. The zero-order chi connectivity index (χ0) is 16.4. The van der Waals surface area contributed by atoms with Crippen molar-refractivity contribution in [2.75, 3.05) is 44.7 Å². The van der Waals surface area contributed by atoms with E-state index < -0.39 is 0 Å². The van der Waals surface area contributed by atoms with Gasteiger partial charge in [-0.3, -0.25) is 4.99 Å². The van der Waals surface area contributed by atoms with E-state index in [-0.39, 0.29) is 0 Å². The van der Waals surface area contributed by atoms with E-state index in [0.717, 1.165) is 50.4 Å². The molecule has 0 atom stereocenters. The van der Waals surface area contributed by atoms with Crippen LogP contribution in [0.15, 0.2) is 29.4 Å². The molecule has 2 saturated carbocycles. The van der Waals surface area contributed by atoms with Gasteiger partial charge in [-0.05, 0) is 49.1 Å². The van der Waals surface area contributed by atoms with Crippen LogP contribution < -0.4 is 10.2 Å². The number of rotatable bonds is 4. The molecular weight excluding hydrogens is 298 g/mol. The van der Waals surface area contributed by atoms with Crippen molar-refractivity contribution in [3.63, 3.8) is 0 Å². The smallest absolute Gasteiger partial charge is 0.193 e. The molecule has 130 valence electrons. The Morgan fingerprint density at radius 1 is 1.25 bits per heavy atom. The van der Waals surface area contributed by atoms with E-state index in [1.165, 1.54) is 32.1 Å². The van der Waals surface area contributed by atoms with Gasteiger partial charge in [0, 0.05) is 46.0 Å². The molecule has 2 heterocycles. The number of nitrogens with zero attached hydrogens (tertiary/aromatic N) is 4. The van der Waals surface area contributed by atoms with Gasteiger partial charge >= 0.3 is 0 Å². The van der Waals surface area contributed by atoms with Crippen LogP contribution in [0, 0.1) is 11.3 Å². The Kier molecular flexibility index (Phi) is 4.33. The first kappa shape index (κ1) is 15.7. The molecule has 0 aromatic carbocycles. The van der Waals surface area contributed by atoms with Crippen LogP contribution in [0.25, 0.3) is 0 Å². The normalized spacial score (nSPS) is 23.8. The molecule has 3 aliphatic rings. The Morgan fingerprint density at radius 3 is 2.58 bits per heavy atom. The molecular formula is C19H29N5. The van der Waals surface area contributed by atoms with Crippen molar-refractivity contribution >= 4 is 11.8 Å². The number of hydrogen-bond donors (Lipinski definition) is 1. The average molecular weight is 327 g/mol. The van der Waals surface area contributed by atoms with Gasteiger partial charge in [0.2, 0.25) is 0 Å². The number of guanidine groups is 1. The van der Waals surface area contributed by atoms with Crippen molar-refractivity contribution in [2.24, 2.45) is 16.3 Å². The largest absolute Gasteiger partial charge is 0.356 e. The van der Waals surface area contributed by atoms with Gasteiger partial charge in [0.1, 0.15) is 5.82 Å². The predicted molar refractivity (Wildman–Crippen MR) is 98.4 cm³/mol. The van der Waals surface area contributed by atoms with Crippen LogP contribution in [0.3, 0.4) is 0 Å². The zero-order valence-electron chi connectivity index (χ0n) is 14.7. The van der Waals surface area contributed by atoms with Gasteiger partial charge in [-0.15, -0.1) is 0 Å². The number of piperazine rings is 1. The third kappa shape index (κ3) is 3.08. The molecule has 0 bridgehead atoms. The molecule has 4 rings (SSSR count). The van der Waals surface area contributed by atoms with E-state index in [1.54, 1.807) is 0 Å². The molecule has 1 aromatic heterocycles. The van der Waals surface area contributed by atoms with Crippen molar-refractivity contribution in [3.8, 4) is 0 Å². The van der Waals surface area contributed by atoms with E-state index in [9.17, 15) is 0 Å². The van der Waals surface area contributed by atoms with E-state index in [1.807, 2.05) is 19.3 Å². The van der Waals surface area contributed by atoms with Crippen LogP contribution in [0.5, 0.6) is 0 Å². The van der Waals surface area contributed by atoms with E-state index >= 15 is 0 Å². The fourth-order valence-corrected chi connectivity index (χ4v) is 4.33. The second-order valence-electron chi connectivity index (χ2n) is 7.55. The molecule has 3 fully saturated rings. The standard InChI is InChI=1S/C19H29N5/c1-20-18(22-15-19(8-4-9-19)16-6-7-16)24-13-11-23(12-14-24)17-5-2-3-10-21-17/h2-3,5,10,16H,4,6-9,11-15H2,1H3,(H,20,22). The van der Waals surface area contributed by atoms with Crippen LogP contribution in [0.4, 0.5) is 5.82 Å². The first-order valence-electron chi connectivity index (χ1n) is 9.42. The van der Waals surface area contributed by atoms with Crippen molar-refractivity contribution < 1.29 is 0 Å². The minimum Gasteiger partial charge on any atom is -0.356 e. The lowest BCUT2D eigenvalue weighted by atomic mass is 9.65. The van der Waals surface area contributed by atoms with Crippen LogP contribution in [-0.2, 0) is 0 Å². The highest BCUT2D eigenvalue weighted by Crippen LogP contribution is 2.56. The molecule has 0 spiro atoms. The maximum atomic E-state index is 4.55. The van der Waals surface area contributed by atoms with E-state index in [2.05, 4.69) is 37.2 Å². The monoisotopic (exact) mass is 327 g/mol. The highest BCUT2D eigenvalue weighted by atomic mass is 15.4. The van der Waals surface area contributed by atoms with E-state index in [4.69, 9.17) is 0 Å². The second-order valence-corrected chi connectivity index (χ2v) is 7.55. The molecule has 5 heteroatoms. The maximum absolute atomic E-state index is 4.55. The van der Waals surface area contributed by atoms with Gasteiger partial charge in [-0.2, -0.15) is 0 Å². The highest BCUT2D eigenvalue weighted by molar-refractivity contribution is 5.80. The first-order chi connectivity index (χ1) is 11.8. The summed E-state index contributed by atoms with van der Waals surface area (Å²) in [6, 6.07) is 6.13. The maximum Gasteiger partial charge on any atom is 0.193 e. The van der Waals surface area contributed by atoms with Crippen molar-refractivity contribution in [2.45, 2.75) is 32.1 Å². The second kappa shape index (κ2) is 6.61. The molecule has 24 heavy (non-hydrogen) atoms. The summed E-state index contributed by atoms with van der Waals surface area (Å²) in [4.78, 5) is 13.8. The Hall–Kier alpha value is -1.78. The van der Waals surface area contributed by atoms with Crippen LogP contribution in [0.1, 0.15) is 32.1 Å². The lowest BCUT2D eigenvalue weighted by molar-refractivity contribution is 0.104. The lowest BCUT2D eigenvalue weighted by Gasteiger charge is -2.44. The minimum absolute atomic E-state index is 0.589. The van der Waals surface area contributed by atoms with Crippen molar-refractivity contribution in [1.82, 2.24) is 15.2 Å². The van der Waals surface area contributed by atoms with Gasteiger partial charge in [0.15, 0.2) is 5.96 Å². The third-order valence-corrected chi connectivity index (χ3v) is 6.16. The zero-order valence-corrected chi connectivity index (χ0v) is 14.7. The molecule has 5 nitrogen and oxygen atoms in total. The van der Waals surface area contributed by atoms with Gasteiger partial charge < -0.3 is 15.1 Å². The Balaban J connectivity index is 1.30. The number of hydrogen-bond acceptors (Lipinski definition) is 3. The summed E-state index contributed by atoms with van der Waals surface area (Å²) in [5, 5.41) is 3.70. The molecule has 1 N–H and O–H groups in total. The number of aliphatic imine (C=N–C) groups is 1. The van der Waals surface area contributed by atoms with Gasteiger partial charge in [0.25, 0.3) is 0 Å². The van der Waals surface area contributed by atoms with Crippen LogP contribution >= 0.6 is 0 Å². The summed E-state index contributed by atoms with van der Waals surface area (Å²) in [6.45, 7) is 5.14. The number of aromatic nitrogens is 1. The third-order valence-electron chi connectivity index (χ3n) is 6.16. The SMILES string of the molecule is CN=C(NCC1(C2CC2)CCC1)N1CCN(c2ccccn2)CC1. The lowest BCUT2D eigenvalue weighted by Crippen LogP contribution is -2.55. The molecule has 1 aliphatic heterocycles. The number of pyridine rings is 1. The molecule has 0 radical (unpaired) electrons. The fourth-order valence-electron chi connectivity index (χ4n) is 4.33. The molecule has 2 aliphatic carbocycles. The summed E-state index contributed by atoms with van der Waals surface area (Å²) < 4.78 is 0. The van der Waals surface area contributed by atoms with Crippen LogP contribution in [-0.4, -0.2) is 55.6 Å². The quantitative estimate of drug-likeness (QED) is 0.681. The average Bonchev–Trinajstić information content (AvgIpc) is 3.44. The number of anilines is 1. The fraction of sp³-hybridized carbons (Fsp3) is 0.684. The Labute approximate surface area is 145 Å². The Morgan fingerprint density at radius 2 is 2.04 bits per heavy atom. The topological polar surface area (TPSA) is 43.8 Å². The van der Waals surface area contributed by atoms with Crippen LogP contribution in [0.2, 0.25) is 0 Å². The summed E-state index contributed by atoms with van der Waals surface area (Å²) in [5.74, 6) is 3.16. The summed E-state index contributed by atoms with van der Waals surface area (Å²) >= 11 is 0. The summed E-state index contributed by atoms with van der Waals surface area (Å²) in [5.41, 5.74) is 0.589. The Bertz CT molecular complexity index is 569. The first-order valence-corrected chi connectivity index (χ1v) is 9.42. The van der Waals surface area contributed by atoms with Crippen molar-refractivity contribution in [3.05, 3.63) is 24.4 Å². The van der Waals surface area contributed by atoms with Crippen molar-refractivity contribution in [1.29, 1.82) is 0 Å². The van der Waals surface area contributed by atoms with Gasteiger partial charge in [-0.1, -0.05) is 12.5 Å². The summed E-state index contributed by atoms with van der Waals surface area (Å²) in [7, 11) is 1.91. The highest BCUT2D eigenvalue weighted by Gasteiger charge is 2.48. The molecule has 0 unspecified atom stereocenters. The van der Waals surface area contributed by atoms with Gasteiger partial charge in [0.05, 0.1) is 0 Å². The molecule has 1 aromatic rings. The molecule has 0 amide bonds. The number of nitrogens with one attached hydrogen (secondary N) is 1. The predicted octanol–water partition coefficient (Wildman–Crippen LogP) is 2.36. The van der Waals surface area contributed by atoms with E-state index in [0.29, 0.717) is 5.41 Å².